The molecular formula is C22H25ClN2O2. The van der Waals surface area contributed by atoms with Gasteiger partial charge in [0.2, 0.25) is 11.8 Å². The van der Waals surface area contributed by atoms with Crippen molar-refractivity contribution in [2.45, 2.75) is 26.2 Å². The number of likely N-dealkylation sites (tertiary alicyclic amines) is 1. The van der Waals surface area contributed by atoms with Crippen LogP contribution in [0.5, 0.6) is 0 Å². The summed E-state index contributed by atoms with van der Waals surface area (Å²) in [5, 5.41) is 3.66. The van der Waals surface area contributed by atoms with Crippen molar-refractivity contribution in [3.05, 3.63) is 70.2 Å². The van der Waals surface area contributed by atoms with Gasteiger partial charge in [-0.05, 0) is 43.0 Å². The van der Waals surface area contributed by atoms with Gasteiger partial charge in [-0.3, -0.25) is 9.59 Å². The first-order chi connectivity index (χ1) is 13.0. The zero-order valence-electron chi connectivity index (χ0n) is 15.6. The first-order valence-electron chi connectivity index (χ1n) is 9.37. The molecule has 0 spiro atoms. The first kappa shape index (κ1) is 19.4. The standard InChI is InChI=1S/C22H25ClN2O2/c1-16-2-4-18(5-3-16)11-13-25-15-19(14-21(25)26)22(27)24-12-10-17-6-8-20(23)9-7-17/h2-9,19H,10-15H2,1H3,(H,24,27). The Bertz CT molecular complexity index is 787. The monoisotopic (exact) mass is 384 g/mol. The van der Waals surface area contributed by atoms with E-state index < -0.39 is 0 Å². The van der Waals surface area contributed by atoms with Gasteiger partial charge < -0.3 is 10.2 Å². The first-order valence-corrected chi connectivity index (χ1v) is 9.74. The third-order valence-corrected chi connectivity index (χ3v) is 5.25. The van der Waals surface area contributed by atoms with Gasteiger partial charge >= 0.3 is 0 Å². The molecule has 1 atom stereocenters. The average Bonchev–Trinajstić information content (AvgIpc) is 3.04. The topological polar surface area (TPSA) is 49.4 Å². The van der Waals surface area contributed by atoms with Crippen LogP contribution in [0.2, 0.25) is 5.02 Å². The van der Waals surface area contributed by atoms with Crippen LogP contribution in [0.25, 0.3) is 0 Å². The quantitative estimate of drug-likeness (QED) is 0.795. The van der Waals surface area contributed by atoms with Gasteiger partial charge in [0.1, 0.15) is 0 Å². The number of nitrogens with one attached hydrogen (secondary N) is 1. The van der Waals surface area contributed by atoms with Crippen molar-refractivity contribution in [1.82, 2.24) is 10.2 Å². The van der Waals surface area contributed by atoms with Crippen molar-refractivity contribution in [2.24, 2.45) is 5.92 Å². The molecule has 5 heteroatoms. The Morgan fingerprint density at radius 1 is 1.07 bits per heavy atom. The van der Waals surface area contributed by atoms with E-state index in [0.29, 0.717) is 31.1 Å². The number of aryl methyl sites for hydroxylation is 1. The number of hydrogen-bond acceptors (Lipinski definition) is 2. The van der Waals surface area contributed by atoms with Crippen LogP contribution < -0.4 is 5.32 Å². The number of benzene rings is 2. The molecule has 1 saturated heterocycles. The van der Waals surface area contributed by atoms with Gasteiger partial charge in [0.25, 0.3) is 0 Å². The van der Waals surface area contributed by atoms with Gasteiger partial charge in [-0.15, -0.1) is 0 Å². The summed E-state index contributed by atoms with van der Waals surface area (Å²) in [6, 6.07) is 16.0. The second kappa shape index (κ2) is 9.05. The second-order valence-corrected chi connectivity index (χ2v) is 7.58. The molecule has 3 rings (SSSR count). The van der Waals surface area contributed by atoms with Crippen molar-refractivity contribution >= 4 is 23.4 Å². The Balaban J connectivity index is 1.42. The van der Waals surface area contributed by atoms with E-state index in [9.17, 15) is 9.59 Å². The molecule has 1 fully saturated rings. The van der Waals surface area contributed by atoms with Crippen LogP contribution in [0.3, 0.4) is 0 Å². The Morgan fingerprint density at radius 3 is 2.41 bits per heavy atom. The lowest BCUT2D eigenvalue weighted by atomic mass is 10.1. The zero-order chi connectivity index (χ0) is 19.2. The normalized spacial score (nSPS) is 16.6. The van der Waals surface area contributed by atoms with E-state index >= 15 is 0 Å². The third kappa shape index (κ3) is 5.57. The molecule has 0 radical (unpaired) electrons. The zero-order valence-corrected chi connectivity index (χ0v) is 16.3. The molecule has 1 unspecified atom stereocenters. The predicted molar refractivity (Wildman–Crippen MR) is 108 cm³/mol. The number of halogens is 1. The van der Waals surface area contributed by atoms with E-state index in [2.05, 4.69) is 36.5 Å². The van der Waals surface area contributed by atoms with Crippen molar-refractivity contribution in [2.75, 3.05) is 19.6 Å². The molecular weight excluding hydrogens is 360 g/mol. The molecule has 2 aromatic rings. The maximum Gasteiger partial charge on any atom is 0.225 e. The van der Waals surface area contributed by atoms with Gasteiger partial charge in [-0.2, -0.15) is 0 Å². The van der Waals surface area contributed by atoms with Gasteiger partial charge in [-0.25, -0.2) is 0 Å². The molecule has 1 aliphatic heterocycles. The number of rotatable bonds is 7. The van der Waals surface area contributed by atoms with Crippen molar-refractivity contribution in [1.29, 1.82) is 0 Å². The van der Waals surface area contributed by atoms with Crippen LogP contribution in [0.15, 0.2) is 48.5 Å². The molecule has 142 valence electrons. The molecule has 27 heavy (non-hydrogen) atoms. The Kier molecular flexibility index (Phi) is 6.51. The lowest BCUT2D eigenvalue weighted by molar-refractivity contribution is -0.129. The van der Waals surface area contributed by atoms with Gasteiger partial charge in [-0.1, -0.05) is 53.6 Å². The largest absolute Gasteiger partial charge is 0.355 e. The number of nitrogens with zero attached hydrogens (tertiary/aromatic N) is 1. The molecule has 0 aliphatic carbocycles. The highest BCUT2D eigenvalue weighted by atomic mass is 35.5. The lowest BCUT2D eigenvalue weighted by Crippen LogP contribution is -2.34. The predicted octanol–water partition coefficient (Wildman–Crippen LogP) is 3.40. The molecule has 0 bridgehead atoms. The van der Waals surface area contributed by atoms with Crippen molar-refractivity contribution < 1.29 is 9.59 Å². The highest BCUT2D eigenvalue weighted by Gasteiger charge is 2.33. The Labute approximate surface area is 165 Å². The molecule has 4 nitrogen and oxygen atoms in total. The van der Waals surface area contributed by atoms with Crippen molar-refractivity contribution in [3.8, 4) is 0 Å². The minimum Gasteiger partial charge on any atom is -0.355 e. The number of hydrogen-bond donors (Lipinski definition) is 1. The van der Waals surface area contributed by atoms with Crippen LogP contribution in [0.4, 0.5) is 0 Å². The third-order valence-electron chi connectivity index (χ3n) is 5.00. The van der Waals surface area contributed by atoms with E-state index in [1.165, 1.54) is 11.1 Å². The summed E-state index contributed by atoms with van der Waals surface area (Å²) in [4.78, 5) is 26.4. The Morgan fingerprint density at radius 2 is 1.70 bits per heavy atom. The van der Waals surface area contributed by atoms with Gasteiger partial charge in [0, 0.05) is 31.1 Å². The SMILES string of the molecule is Cc1ccc(CCN2CC(C(=O)NCCc3ccc(Cl)cc3)CC2=O)cc1. The molecule has 2 amide bonds. The van der Waals surface area contributed by atoms with E-state index in [0.717, 1.165) is 18.4 Å². The van der Waals surface area contributed by atoms with Crippen molar-refractivity contribution in [3.63, 3.8) is 0 Å². The van der Waals surface area contributed by atoms with Crippen LogP contribution in [0, 0.1) is 12.8 Å². The highest BCUT2D eigenvalue weighted by Crippen LogP contribution is 2.19. The van der Waals surface area contributed by atoms with E-state index in [4.69, 9.17) is 11.6 Å². The van der Waals surface area contributed by atoms with Crippen LogP contribution in [0.1, 0.15) is 23.1 Å². The van der Waals surface area contributed by atoms with Gasteiger partial charge in [0.05, 0.1) is 5.92 Å². The second-order valence-electron chi connectivity index (χ2n) is 7.14. The van der Waals surface area contributed by atoms with E-state index in [1.54, 1.807) is 0 Å². The molecule has 1 heterocycles. The lowest BCUT2D eigenvalue weighted by Gasteiger charge is -2.16. The van der Waals surface area contributed by atoms with Crippen LogP contribution in [-0.2, 0) is 22.4 Å². The fraction of sp³-hybridized carbons (Fsp3) is 0.364. The van der Waals surface area contributed by atoms with Crippen LogP contribution >= 0.6 is 11.6 Å². The fourth-order valence-corrected chi connectivity index (χ4v) is 3.43. The molecule has 1 N–H and O–H groups in total. The summed E-state index contributed by atoms with van der Waals surface area (Å²) < 4.78 is 0. The summed E-state index contributed by atoms with van der Waals surface area (Å²) in [7, 11) is 0. The molecule has 0 saturated carbocycles. The fourth-order valence-electron chi connectivity index (χ4n) is 3.31. The van der Waals surface area contributed by atoms with E-state index in [-0.39, 0.29) is 17.7 Å². The minimum absolute atomic E-state index is 0.0323. The number of carbonyl (C=O) groups excluding carboxylic acids is 2. The Hall–Kier alpha value is -2.33. The summed E-state index contributed by atoms with van der Waals surface area (Å²) in [5.41, 5.74) is 3.57. The minimum atomic E-state index is -0.249. The number of amides is 2. The number of carbonyl (C=O) groups is 2. The molecule has 2 aromatic carbocycles. The summed E-state index contributed by atoms with van der Waals surface area (Å²) in [5.74, 6) is -0.212. The van der Waals surface area contributed by atoms with E-state index in [1.807, 2.05) is 29.2 Å². The molecule has 0 aromatic heterocycles. The summed E-state index contributed by atoms with van der Waals surface area (Å²) in [6.45, 7) is 3.80. The summed E-state index contributed by atoms with van der Waals surface area (Å²) in [6.07, 6.45) is 1.87. The maximum atomic E-state index is 12.4. The summed E-state index contributed by atoms with van der Waals surface area (Å²) >= 11 is 5.87. The average molecular weight is 385 g/mol. The molecule has 1 aliphatic rings. The highest BCUT2D eigenvalue weighted by molar-refractivity contribution is 6.30. The maximum absolute atomic E-state index is 12.4. The van der Waals surface area contributed by atoms with Gasteiger partial charge in [0.15, 0.2) is 0 Å². The van der Waals surface area contributed by atoms with Crippen LogP contribution in [-0.4, -0.2) is 36.3 Å². The smallest absolute Gasteiger partial charge is 0.225 e.